The molecule has 1 aromatic heterocycles. The van der Waals surface area contributed by atoms with Crippen molar-refractivity contribution in [1.82, 2.24) is 15.2 Å². The average molecular weight is 351 g/mol. The topological polar surface area (TPSA) is 112 Å². The monoisotopic (exact) mass is 351 g/mol. The lowest BCUT2D eigenvalue weighted by Crippen LogP contribution is -2.28. The predicted molar refractivity (Wildman–Crippen MR) is 89.0 cm³/mol. The van der Waals surface area contributed by atoms with Crippen molar-refractivity contribution in [2.45, 2.75) is 25.7 Å². The van der Waals surface area contributed by atoms with Gasteiger partial charge in [-0.25, -0.2) is 10.5 Å². The van der Waals surface area contributed by atoms with Gasteiger partial charge in [0.15, 0.2) is 11.5 Å². The number of unbranched alkanes of at least 4 members (excludes halogenated alkanes) is 2. The van der Waals surface area contributed by atoms with Crippen molar-refractivity contribution < 1.29 is 24.3 Å². The zero-order chi connectivity index (χ0) is 18.2. The Morgan fingerprint density at radius 2 is 1.92 bits per heavy atom. The third kappa shape index (κ3) is 4.60. The largest absolute Gasteiger partial charge is 0.493 e. The van der Waals surface area contributed by atoms with Crippen LogP contribution in [0.4, 0.5) is 0 Å². The number of nitrogens with zero attached hydrogens (tertiary/aromatic N) is 2. The van der Waals surface area contributed by atoms with E-state index in [0.29, 0.717) is 41.9 Å². The molecule has 1 aromatic carbocycles. The van der Waals surface area contributed by atoms with Crippen LogP contribution in [0.25, 0.3) is 10.9 Å². The van der Waals surface area contributed by atoms with Crippen molar-refractivity contribution in [2.75, 3.05) is 20.8 Å². The number of benzene rings is 1. The normalized spacial score (nSPS) is 10.5. The molecule has 2 N–H and O–H groups in total. The number of carbonyl (C=O) groups excluding carboxylic acids is 1. The van der Waals surface area contributed by atoms with E-state index in [0.717, 1.165) is 11.2 Å². The van der Waals surface area contributed by atoms with Gasteiger partial charge in [-0.3, -0.25) is 14.8 Å². The number of hydrogen-bond donors (Lipinski definition) is 2. The molecule has 0 aliphatic carbocycles. The fourth-order valence-corrected chi connectivity index (χ4v) is 2.31. The fraction of sp³-hybridized carbons (Fsp3) is 0.438. The number of nitrogens with one attached hydrogen (secondary N) is 1. The first-order valence-electron chi connectivity index (χ1n) is 7.80. The van der Waals surface area contributed by atoms with Crippen molar-refractivity contribution in [2.24, 2.45) is 0 Å². The quantitative estimate of drug-likeness (QED) is 0.392. The summed E-state index contributed by atoms with van der Waals surface area (Å²) in [6.45, 7) is 0.307. The summed E-state index contributed by atoms with van der Waals surface area (Å²) in [6.07, 6.45) is 3.58. The van der Waals surface area contributed by atoms with Gasteiger partial charge in [-0.15, -0.1) is 4.73 Å². The van der Waals surface area contributed by atoms with Crippen LogP contribution in [0.3, 0.4) is 0 Å². The molecule has 0 fully saturated rings. The van der Waals surface area contributed by atoms with E-state index < -0.39 is 5.91 Å². The Morgan fingerprint density at radius 1 is 1.20 bits per heavy atom. The van der Waals surface area contributed by atoms with Gasteiger partial charge in [0.1, 0.15) is 12.9 Å². The van der Waals surface area contributed by atoms with Gasteiger partial charge in [0, 0.05) is 12.5 Å². The molecule has 25 heavy (non-hydrogen) atoms. The van der Waals surface area contributed by atoms with Gasteiger partial charge in [-0.1, -0.05) is 0 Å². The Bertz CT molecular complexity index is 789. The number of fused-ring (bicyclic) bond motifs is 1. The predicted octanol–water partition coefficient (Wildman–Crippen LogP) is 0.908. The molecule has 0 atom stereocenters. The first-order chi connectivity index (χ1) is 12.1. The van der Waals surface area contributed by atoms with Crippen molar-refractivity contribution in [3.8, 4) is 11.5 Å². The smallest absolute Gasteiger partial charge is 0.294 e. The van der Waals surface area contributed by atoms with E-state index >= 15 is 0 Å². The maximum absolute atomic E-state index is 12.5. The molecule has 1 amide bonds. The third-order valence-electron chi connectivity index (χ3n) is 3.64. The van der Waals surface area contributed by atoms with Gasteiger partial charge >= 0.3 is 0 Å². The van der Waals surface area contributed by atoms with E-state index in [1.807, 2.05) is 0 Å². The Hall–Kier alpha value is -2.81. The number of ether oxygens (including phenoxy) is 2. The molecule has 0 spiro atoms. The maximum atomic E-state index is 12.5. The van der Waals surface area contributed by atoms with E-state index in [9.17, 15) is 9.59 Å². The molecule has 0 aliphatic rings. The highest BCUT2D eigenvalue weighted by molar-refractivity contribution is 5.81. The molecule has 136 valence electrons. The van der Waals surface area contributed by atoms with E-state index in [-0.39, 0.29) is 12.0 Å². The van der Waals surface area contributed by atoms with Crippen LogP contribution in [-0.2, 0) is 4.79 Å². The van der Waals surface area contributed by atoms with Crippen molar-refractivity contribution >= 4 is 16.8 Å². The number of carbonyl (C=O) groups is 1. The van der Waals surface area contributed by atoms with Crippen molar-refractivity contribution in [1.29, 1.82) is 0 Å². The summed E-state index contributed by atoms with van der Waals surface area (Å²) in [5, 5.41) is 8.75. The van der Waals surface area contributed by atoms with E-state index in [2.05, 4.69) is 4.98 Å². The lowest BCUT2D eigenvalue weighted by atomic mass is 10.2. The van der Waals surface area contributed by atoms with Crippen LogP contribution in [0.2, 0.25) is 0 Å². The van der Waals surface area contributed by atoms with Gasteiger partial charge in [-0.05, 0) is 25.3 Å². The number of amides is 1. The average Bonchev–Trinajstić information content (AvgIpc) is 2.64. The molecule has 0 saturated heterocycles. The summed E-state index contributed by atoms with van der Waals surface area (Å²) in [5.41, 5.74) is 1.72. The summed E-state index contributed by atoms with van der Waals surface area (Å²) in [4.78, 5) is 33.0. The van der Waals surface area contributed by atoms with E-state index in [1.54, 1.807) is 17.6 Å². The molecule has 9 heteroatoms. The lowest BCUT2D eigenvalue weighted by molar-refractivity contribution is -0.129. The second-order valence-electron chi connectivity index (χ2n) is 5.28. The molecule has 2 rings (SSSR count). The van der Waals surface area contributed by atoms with E-state index in [4.69, 9.17) is 19.5 Å². The van der Waals surface area contributed by atoms with Gasteiger partial charge in [0.2, 0.25) is 5.91 Å². The van der Waals surface area contributed by atoms with Crippen molar-refractivity contribution in [3.05, 3.63) is 28.8 Å². The van der Waals surface area contributed by atoms with Crippen LogP contribution in [0.1, 0.15) is 25.7 Å². The minimum atomic E-state index is -0.416. The lowest BCUT2D eigenvalue weighted by Gasteiger charge is -2.11. The van der Waals surface area contributed by atoms with Crippen LogP contribution in [0.5, 0.6) is 11.5 Å². The Balaban J connectivity index is 2.01. The second kappa shape index (κ2) is 8.88. The Morgan fingerprint density at radius 3 is 2.60 bits per heavy atom. The standard InChI is InChI=1S/C16H21N3O6/c1-23-13-8-11-12(9-14(13)24-2)17-10-19(16(11)21)25-7-5-3-4-6-15(20)18-22/h8-10,22H,3-7H2,1-2H3,(H,18,20). The minimum Gasteiger partial charge on any atom is -0.493 e. The zero-order valence-corrected chi connectivity index (χ0v) is 14.2. The molecule has 2 aromatic rings. The molecule has 0 saturated carbocycles. The Labute approximate surface area is 144 Å². The van der Waals surface area contributed by atoms with Crippen LogP contribution in [-0.4, -0.2) is 41.7 Å². The molecule has 0 unspecified atom stereocenters. The van der Waals surface area contributed by atoms with E-state index in [1.165, 1.54) is 20.5 Å². The highest BCUT2D eigenvalue weighted by atomic mass is 16.7. The number of methoxy groups -OCH3 is 2. The highest BCUT2D eigenvalue weighted by Crippen LogP contribution is 2.29. The molecule has 9 nitrogen and oxygen atoms in total. The second-order valence-corrected chi connectivity index (χ2v) is 5.28. The van der Waals surface area contributed by atoms with Gasteiger partial charge in [0.05, 0.1) is 25.1 Å². The summed E-state index contributed by atoms with van der Waals surface area (Å²) < 4.78 is 11.5. The molecule has 0 aliphatic heterocycles. The molecule has 1 heterocycles. The SMILES string of the molecule is COc1cc2ncn(OCCCCCC(=O)NO)c(=O)c2cc1OC. The molecular weight excluding hydrogens is 330 g/mol. The van der Waals surface area contributed by atoms with Crippen molar-refractivity contribution in [3.63, 3.8) is 0 Å². The first-order valence-corrected chi connectivity index (χ1v) is 7.80. The third-order valence-corrected chi connectivity index (χ3v) is 3.64. The van der Waals surface area contributed by atoms with Crippen LogP contribution in [0, 0.1) is 0 Å². The first kappa shape index (κ1) is 18.5. The van der Waals surface area contributed by atoms with Gasteiger partial charge in [0.25, 0.3) is 5.56 Å². The fourth-order valence-electron chi connectivity index (χ4n) is 2.31. The Kier molecular flexibility index (Phi) is 6.58. The molecular formula is C16H21N3O6. The van der Waals surface area contributed by atoms with Crippen LogP contribution >= 0.6 is 0 Å². The molecule has 0 bridgehead atoms. The van der Waals surface area contributed by atoms with Gasteiger partial charge < -0.3 is 14.3 Å². The number of hydroxylamine groups is 1. The summed E-state index contributed by atoms with van der Waals surface area (Å²) >= 11 is 0. The van der Waals surface area contributed by atoms with Crippen LogP contribution < -0.4 is 25.4 Å². The zero-order valence-electron chi connectivity index (χ0n) is 14.2. The number of rotatable bonds is 9. The van der Waals surface area contributed by atoms with Crippen LogP contribution in [0.15, 0.2) is 23.3 Å². The highest BCUT2D eigenvalue weighted by Gasteiger charge is 2.11. The number of aromatic nitrogens is 2. The minimum absolute atomic E-state index is 0.246. The molecule has 0 radical (unpaired) electrons. The maximum Gasteiger partial charge on any atom is 0.294 e. The summed E-state index contributed by atoms with van der Waals surface area (Å²) in [5.74, 6) is 0.515. The number of hydrogen-bond acceptors (Lipinski definition) is 7. The van der Waals surface area contributed by atoms with Gasteiger partial charge in [-0.2, -0.15) is 0 Å². The summed E-state index contributed by atoms with van der Waals surface area (Å²) in [6, 6.07) is 3.20. The summed E-state index contributed by atoms with van der Waals surface area (Å²) in [7, 11) is 3.00.